The van der Waals surface area contributed by atoms with Gasteiger partial charge < -0.3 is 7.43 Å². The van der Waals surface area contributed by atoms with Gasteiger partial charge >= 0.3 is 0 Å². The summed E-state index contributed by atoms with van der Waals surface area (Å²) in [5.41, 5.74) is 0. The van der Waals surface area contributed by atoms with Crippen molar-refractivity contribution in [1.29, 1.82) is 0 Å². The molecule has 0 amide bonds. The molecule has 0 rings (SSSR count). The Hall–Kier alpha value is 2.06. The van der Waals surface area contributed by atoms with Gasteiger partial charge in [0.1, 0.15) is 0 Å². The van der Waals surface area contributed by atoms with Gasteiger partial charge in [0.25, 0.3) is 0 Å². The summed E-state index contributed by atoms with van der Waals surface area (Å²) in [4.78, 5) is 0. The van der Waals surface area contributed by atoms with E-state index in [0.717, 1.165) is 0 Å². The zero-order valence-electron chi connectivity index (χ0n) is 2.22. The normalized spacial score (nSPS) is 0. The summed E-state index contributed by atoms with van der Waals surface area (Å²) in [6, 6.07) is 0. The van der Waals surface area contributed by atoms with Crippen LogP contribution in [0.5, 0.6) is 0 Å². The van der Waals surface area contributed by atoms with Gasteiger partial charge in [0.15, 0.2) is 0 Å². The van der Waals surface area contributed by atoms with Crippen molar-refractivity contribution in [3.8, 4) is 0 Å². The van der Waals surface area contributed by atoms with Gasteiger partial charge in [-0.1, -0.05) is 0 Å². The summed E-state index contributed by atoms with van der Waals surface area (Å²) in [5, 5.41) is 0. The van der Waals surface area contributed by atoms with Crippen LogP contribution in [-0.4, -0.2) is 0 Å². The summed E-state index contributed by atoms with van der Waals surface area (Å²) in [5.74, 6) is 0. The van der Waals surface area contributed by atoms with Crippen LogP contribution in [0.25, 0.3) is 0 Å². The minimum absolute atomic E-state index is 0. The van der Waals surface area contributed by atoms with Crippen LogP contribution in [-0.2, 0) is 63.2 Å². The average Bonchev–Trinajstić information content (AvgIpc) is 0. The first-order chi connectivity index (χ1) is 0. The van der Waals surface area contributed by atoms with E-state index in [-0.39, 0.29) is 70.6 Å². The molecule has 0 aromatic heterocycles. The summed E-state index contributed by atoms with van der Waals surface area (Å²) in [6.07, 6.45) is 0. The van der Waals surface area contributed by atoms with E-state index in [9.17, 15) is 0 Å². The molecule has 0 aliphatic heterocycles. The minimum Gasteiger partial charge on any atom is -0.358 e. The third kappa shape index (κ3) is 8.96. The molecule has 26 valence electrons. The van der Waals surface area contributed by atoms with Crippen molar-refractivity contribution in [3.63, 3.8) is 0 Å². The van der Waals surface area contributed by atoms with Crippen LogP contribution < -0.4 is 0 Å². The van der Waals surface area contributed by atoms with Crippen molar-refractivity contribution in [2.24, 2.45) is 0 Å². The summed E-state index contributed by atoms with van der Waals surface area (Å²) >= 11 is 0. The van der Waals surface area contributed by atoms with E-state index < -0.39 is 0 Å². The molecule has 0 nitrogen and oxygen atoms in total. The van der Waals surface area contributed by atoms with E-state index in [1.165, 1.54) is 0 Å². The fourth-order valence-corrected chi connectivity index (χ4v) is 0. The van der Waals surface area contributed by atoms with E-state index in [0.29, 0.717) is 0 Å². The van der Waals surface area contributed by atoms with E-state index >= 15 is 0 Å². The van der Waals surface area contributed by atoms with Crippen LogP contribution in [0.4, 0.5) is 0 Å². The Bertz CT molecular complexity index is 3.25. The Balaban J connectivity index is 0. The molecule has 0 bridgehead atoms. The molecule has 0 radical (unpaired) electrons. The Morgan fingerprint density at radius 2 is 0.500 bits per heavy atom. The summed E-state index contributed by atoms with van der Waals surface area (Å²) in [7, 11) is 0. The smallest absolute Gasteiger partial charge is 0 e. The van der Waals surface area contributed by atoms with E-state index in [1.54, 1.807) is 0 Å². The van der Waals surface area contributed by atoms with Gasteiger partial charge in [-0.05, 0) is 0 Å². The molecule has 0 aromatic rings. The molecule has 0 saturated heterocycles. The maximum atomic E-state index is 0. The van der Waals surface area contributed by atoms with Gasteiger partial charge in [0.2, 0.25) is 0 Å². The van der Waals surface area contributed by atoms with Crippen LogP contribution in [0.2, 0.25) is 0 Å². The van der Waals surface area contributed by atoms with Gasteiger partial charge in [0.05, 0.1) is 0 Å². The molecule has 0 atom stereocenters. The molecule has 0 fully saturated rings. The average molecular weight is 303 g/mol. The first-order valence-electron chi connectivity index (χ1n) is 0. The van der Waals surface area contributed by atoms with Crippen molar-refractivity contribution in [2.75, 3.05) is 0 Å². The first-order valence-corrected chi connectivity index (χ1v) is 0. The van der Waals surface area contributed by atoms with Crippen molar-refractivity contribution in [2.45, 2.75) is 0 Å². The predicted octanol–water partition coefficient (Wildman–Crippen LogP) is 0.443. The maximum Gasteiger partial charge on any atom is 0 e. The summed E-state index contributed by atoms with van der Waals surface area (Å²) < 4.78 is 0. The molecule has 0 aliphatic carbocycles. The second-order valence-electron chi connectivity index (χ2n) is 0. The van der Waals surface area contributed by atoms with E-state index in [1.807, 2.05) is 0 Å². The monoisotopic (exact) mass is 309 g/mol. The molecular weight excluding hydrogens is 300 g/mol. The Kier molecular flexibility index (Phi) is 179. The molecule has 0 unspecified atom stereocenters. The third-order valence-electron chi connectivity index (χ3n) is 0. The predicted molar refractivity (Wildman–Crippen MR) is 6.41 cm³/mol. The molecule has 0 aromatic carbocycles. The molecule has 0 aliphatic rings. The van der Waals surface area contributed by atoms with Crippen molar-refractivity contribution in [1.82, 2.24) is 0 Å². The summed E-state index contributed by atoms with van der Waals surface area (Å²) in [6.45, 7) is 0. The zero-order chi connectivity index (χ0) is 0. The molecule has 0 N–H and O–H groups in total. The third-order valence-corrected chi connectivity index (χ3v) is 0. The van der Waals surface area contributed by atoms with Gasteiger partial charge in [-0.25, -0.2) is 0 Å². The molecule has 0 heterocycles. The Morgan fingerprint density at radius 1 is 0.500 bits per heavy atom. The number of hydrogen-bond acceptors (Lipinski definition) is 0. The molecule has 0 saturated carbocycles. The zero-order valence-corrected chi connectivity index (χ0v) is 8.25. The van der Waals surface area contributed by atoms with Gasteiger partial charge in [0, 0.05) is 63.2 Å². The van der Waals surface area contributed by atoms with Gasteiger partial charge in [-0.2, -0.15) is 0 Å². The minimum atomic E-state index is 0. The van der Waals surface area contributed by atoms with Crippen LogP contribution in [0.3, 0.4) is 0 Å². The van der Waals surface area contributed by atoms with Gasteiger partial charge in [-0.15, -0.1) is 0 Å². The number of hydrogen-bond donors (Lipinski definition) is 0. The van der Waals surface area contributed by atoms with Crippen LogP contribution >= 0.6 is 0 Å². The topological polar surface area (TPSA) is 0 Å². The largest absolute Gasteiger partial charge is 0.358 e. The van der Waals surface area contributed by atoms with Crippen molar-refractivity contribution in [3.05, 3.63) is 7.43 Å². The van der Waals surface area contributed by atoms with Crippen molar-refractivity contribution >= 4 is 0 Å². The molecule has 4 heavy (non-hydrogen) atoms. The van der Waals surface area contributed by atoms with E-state index in [2.05, 4.69) is 0 Å². The standard InChI is InChI=1S/CH3.3Mo/h1H3;;;/q-1;;;. The molecule has 3 heteroatoms. The van der Waals surface area contributed by atoms with Crippen molar-refractivity contribution < 1.29 is 63.2 Å². The second-order valence-corrected chi connectivity index (χ2v) is 0. The second kappa shape index (κ2) is 19.6. The Labute approximate surface area is 69.9 Å². The SMILES string of the molecule is [CH3-].[Mo].[Mo].[Mo]. The molecule has 0 spiro atoms. The van der Waals surface area contributed by atoms with Gasteiger partial charge in [-0.3, -0.25) is 0 Å². The van der Waals surface area contributed by atoms with Crippen LogP contribution in [0.1, 0.15) is 0 Å². The fraction of sp³-hybridized carbons (Fsp3) is 0. The van der Waals surface area contributed by atoms with Crippen LogP contribution in [0, 0.1) is 7.43 Å². The first kappa shape index (κ1) is 36.5. The number of rotatable bonds is 0. The Morgan fingerprint density at radius 3 is 0.500 bits per heavy atom. The maximum absolute atomic E-state index is 0. The fourth-order valence-electron chi connectivity index (χ4n) is 0. The van der Waals surface area contributed by atoms with Crippen LogP contribution in [0.15, 0.2) is 0 Å². The molecular formula is CH3Mo3-. The van der Waals surface area contributed by atoms with E-state index in [4.69, 9.17) is 0 Å². The quantitative estimate of drug-likeness (QED) is 0.450.